The van der Waals surface area contributed by atoms with Gasteiger partial charge in [0.25, 0.3) is 0 Å². The van der Waals surface area contributed by atoms with Gasteiger partial charge in [0.2, 0.25) is 0 Å². The van der Waals surface area contributed by atoms with Crippen LogP contribution in [0.4, 0.5) is 0 Å². The first kappa shape index (κ1) is 24.0. The van der Waals surface area contributed by atoms with Crippen LogP contribution in [-0.4, -0.2) is 46.8 Å². The third-order valence-electron chi connectivity index (χ3n) is 4.84. The van der Waals surface area contributed by atoms with Gasteiger partial charge in [0.15, 0.2) is 0 Å². The van der Waals surface area contributed by atoms with Gasteiger partial charge in [-0.2, -0.15) is 0 Å². The fourth-order valence-electron chi connectivity index (χ4n) is 3.07. The first-order valence-electron chi connectivity index (χ1n) is 9.56. The number of carbonyl (C=O) groups is 1. The van der Waals surface area contributed by atoms with E-state index < -0.39 is 40.2 Å². The lowest BCUT2D eigenvalue weighted by atomic mass is 10.5. The highest BCUT2D eigenvalue weighted by Gasteiger charge is 2.55. The van der Waals surface area contributed by atoms with Gasteiger partial charge in [0, 0.05) is 6.08 Å². The predicted molar refractivity (Wildman–Crippen MR) is 113 cm³/mol. The van der Waals surface area contributed by atoms with Crippen LogP contribution in [0.1, 0.15) is 27.2 Å². The topological polar surface area (TPSA) is 63.2 Å². The van der Waals surface area contributed by atoms with Crippen molar-refractivity contribution < 1.29 is 26.0 Å². The summed E-state index contributed by atoms with van der Waals surface area (Å²) in [6.07, 6.45) is 1.88. The zero-order valence-electron chi connectivity index (χ0n) is 17.5. The predicted octanol–water partition coefficient (Wildman–Crippen LogP) is 4.53. The maximum atomic E-state index is 11.2. The molecule has 0 aromatic rings. The zero-order valence-corrected chi connectivity index (χ0v) is 21.5. The van der Waals surface area contributed by atoms with E-state index in [0.29, 0.717) is 13.0 Å². The summed E-state index contributed by atoms with van der Waals surface area (Å²) in [5, 5.41) is 0. The SMILES string of the molecule is C=CC(=O)OCCC[Si]1(C)O[Si](C)(CC)O[Si](C)(CC)O[Si](C)(CC)O1. The summed E-state index contributed by atoms with van der Waals surface area (Å²) in [6, 6.07) is 3.36. The molecule has 0 saturated carbocycles. The van der Waals surface area contributed by atoms with Gasteiger partial charge in [-0.15, -0.1) is 0 Å². The standard InChI is InChI=1S/C16H36O6Si4/c1-9-16(17)18-14-13-15-26(8)21-24(6,11-3)19-23(5,10-2)20-25(7,12-4)22-26/h9H,1,10-15H2,2-8H3. The molecule has 2 unspecified atom stereocenters. The molecule has 1 rings (SSSR count). The van der Waals surface area contributed by atoms with E-state index in [0.717, 1.165) is 24.2 Å². The molecule has 26 heavy (non-hydrogen) atoms. The molecule has 10 heteroatoms. The average molecular weight is 437 g/mol. The Labute approximate surface area is 163 Å². The lowest BCUT2D eigenvalue weighted by molar-refractivity contribution is -0.137. The highest BCUT2D eigenvalue weighted by atomic mass is 28.5. The van der Waals surface area contributed by atoms with Crippen molar-refractivity contribution in [3.63, 3.8) is 0 Å². The zero-order chi connectivity index (χ0) is 20.1. The van der Waals surface area contributed by atoms with Gasteiger partial charge in [-0.05, 0) is 56.8 Å². The molecular weight excluding hydrogens is 401 g/mol. The molecule has 1 heterocycles. The number of hydrogen-bond acceptors (Lipinski definition) is 6. The lowest BCUT2D eigenvalue weighted by Gasteiger charge is -2.49. The van der Waals surface area contributed by atoms with Crippen LogP contribution < -0.4 is 0 Å². The van der Waals surface area contributed by atoms with E-state index in [1.807, 2.05) is 0 Å². The van der Waals surface area contributed by atoms with Gasteiger partial charge >= 0.3 is 40.2 Å². The summed E-state index contributed by atoms with van der Waals surface area (Å²) in [4.78, 5) is 11.2. The largest absolute Gasteiger partial charge is 0.463 e. The summed E-state index contributed by atoms with van der Waals surface area (Å²) in [5.74, 6) is -0.395. The molecule has 0 radical (unpaired) electrons. The summed E-state index contributed by atoms with van der Waals surface area (Å²) in [6.45, 7) is 18.6. The van der Waals surface area contributed by atoms with Crippen LogP contribution in [0.5, 0.6) is 0 Å². The van der Waals surface area contributed by atoms with Crippen molar-refractivity contribution in [3.8, 4) is 0 Å². The lowest BCUT2D eigenvalue weighted by Crippen LogP contribution is -2.66. The van der Waals surface area contributed by atoms with E-state index in [2.05, 4.69) is 53.5 Å². The van der Waals surface area contributed by atoms with Crippen LogP contribution in [0.15, 0.2) is 12.7 Å². The Bertz CT molecular complexity index is 483. The Kier molecular flexibility index (Phi) is 8.67. The molecule has 152 valence electrons. The van der Waals surface area contributed by atoms with Crippen molar-refractivity contribution in [2.24, 2.45) is 0 Å². The summed E-state index contributed by atoms with van der Waals surface area (Å²) in [5.41, 5.74) is 0. The van der Waals surface area contributed by atoms with Crippen LogP contribution in [0, 0.1) is 0 Å². The van der Waals surface area contributed by atoms with Crippen molar-refractivity contribution in [3.05, 3.63) is 12.7 Å². The second-order valence-electron chi connectivity index (χ2n) is 7.48. The average Bonchev–Trinajstić information content (AvgIpc) is 2.56. The minimum atomic E-state index is -2.51. The maximum absolute atomic E-state index is 11.2. The molecule has 1 aliphatic heterocycles. The molecule has 0 aromatic carbocycles. The van der Waals surface area contributed by atoms with E-state index in [1.165, 1.54) is 6.08 Å². The molecule has 0 bridgehead atoms. The van der Waals surface area contributed by atoms with Gasteiger partial charge in [0.1, 0.15) is 0 Å². The number of rotatable bonds is 8. The van der Waals surface area contributed by atoms with Crippen LogP contribution >= 0.6 is 0 Å². The van der Waals surface area contributed by atoms with Crippen LogP contribution in [-0.2, 0) is 26.0 Å². The number of carbonyl (C=O) groups excluding carboxylic acids is 1. The number of hydrogen-bond donors (Lipinski definition) is 0. The maximum Gasteiger partial charge on any atom is 0.330 e. The van der Waals surface area contributed by atoms with Crippen molar-refractivity contribution in [1.29, 1.82) is 0 Å². The number of esters is 1. The third-order valence-corrected chi connectivity index (χ3v) is 23.8. The normalized spacial score (nSPS) is 38.3. The highest BCUT2D eigenvalue weighted by Crippen LogP contribution is 2.36. The molecule has 0 aromatic heterocycles. The van der Waals surface area contributed by atoms with Gasteiger partial charge in [-0.3, -0.25) is 0 Å². The van der Waals surface area contributed by atoms with Gasteiger partial charge in [-0.1, -0.05) is 27.4 Å². The van der Waals surface area contributed by atoms with Crippen LogP contribution in [0.25, 0.3) is 0 Å². The van der Waals surface area contributed by atoms with E-state index in [1.54, 1.807) is 0 Å². The minimum Gasteiger partial charge on any atom is -0.463 e. The Hall–Kier alpha value is -0.0825. The first-order valence-corrected chi connectivity index (χ1v) is 19.7. The Morgan fingerprint density at radius 3 is 1.58 bits per heavy atom. The Morgan fingerprint density at radius 1 is 0.846 bits per heavy atom. The van der Waals surface area contributed by atoms with Gasteiger partial charge < -0.3 is 21.2 Å². The van der Waals surface area contributed by atoms with E-state index in [9.17, 15) is 4.79 Å². The Balaban J connectivity index is 2.98. The van der Waals surface area contributed by atoms with Crippen molar-refractivity contribution >= 4 is 40.2 Å². The van der Waals surface area contributed by atoms with E-state index in [4.69, 9.17) is 21.2 Å². The molecule has 6 nitrogen and oxygen atoms in total. The molecule has 0 aliphatic carbocycles. The molecule has 1 fully saturated rings. The minimum absolute atomic E-state index is 0.345. The fraction of sp³-hybridized carbons (Fsp3) is 0.812. The van der Waals surface area contributed by atoms with Gasteiger partial charge in [-0.25, -0.2) is 4.79 Å². The summed E-state index contributed by atoms with van der Waals surface area (Å²) < 4.78 is 31.8. The first-order chi connectivity index (χ1) is 12.0. The molecular formula is C16H36O6Si4. The Morgan fingerprint density at radius 2 is 1.23 bits per heavy atom. The molecule has 1 saturated heterocycles. The van der Waals surface area contributed by atoms with Crippen molar-refractivity contribution in [2.75, 3.05) is 6.61 Å². The van der Waals surface area contributed by atoms with E-state index >= 15 is 0 Å². The molecule has 2 atom stereocenters. The molecule has 0 spiro atoms. The monoisotopic (exact) mass is 436 g/mol. The second-order valence-corrected chi connectivity index (χ2v) is 22.4. The van der Waals surface area contributed by atoms with Gasteiger partial charge in [0.05, 0.1) is 6.61 Å². The van der Waals surface area contributed by atoms with Crippen molar-refractivity contribution in [1.82, 2.24) is 0 Å². The van der Waals surface area contributed by atoms with E-state index in [-0.39, 0.29) is 0 Å². The molecule has 0 N–H and O–H groups in total. The third kappa shape index (κ3) is 6.82. The van der Waals surface area contributed by atoms with Crippen molar-refractivity contribution in [2.45, 2.75) is 77.6 Å². The highest BCUT2D eigenvalue weighted by molar-refractivity contribution is 6.93. The molecule has 1 aliphatic rings. The second kappa shape index (κ2) is 9.41. The summed E-state index contributed by atoms with van der Waals surface area (Å²) in [7, 11) is -9.58. The quantitative estimate of drug-likeness (QED) is 0.241. The smallest absolute Gasteiger partial charge is 0.330 e. The summed E-state index contributed by atoms with van der Waals surface area (Å²) >= 11 is 0. The fourth-order valence-corrected chi connectivity index (χ4v) is 24.9. The number of ether oxygens (including phenoxy) is 1. The molecule has 0 amide bonds. The van der Waals surface area contributed by atoms with Crippen LogP contribution in [0.3, 0.4) is 0 Å². The van der Waals surface area contributed by atoms with Crippen LogP contribution in [0.2, 0.25) is 50.4 Å².